The van der Waals surface area contributed by atoms with Gasteiger partial charge in [-0.1, -0.05) is 13.8 Å². The van der Waals surface area contributed by atoms with Crippen LogP contribution in [0.25, 0.3) is 0 Å². The monoisotopic (exact) mass is 218 g/mol. The number of carboxylic acids is 2. The van der Waals surface area contributed by atoms with Crippen molar-refractivity contribution < 1.29 is 25.3 Å². The van der Waals surface area contributed by atoms with E-state index in [0.717, 1.165) is 0 Å². The summed E-state index contributed by atoms with van der Waals surface area (Å²) in [6.07, 6.45) is 0.886. The lowest BCUT2D eigenvalue weighted by atomic mass is 9.66. The molecule has 1 saturated carbocycles. The summed E-state index contributed by atoms with van der Waals surface area (Å²) >= 11 is 0. The zero-order valence-corrected chi connectivity index (χ0v) is 9.20. The number of rotatable bonds is 2. The third-order valence-electron chi connectivity index (χ3n) is 4.00. The van der Waals surface area contributed by atoms with Gasteiger partial charge in [0, 0.05) is 0 Å². The normalized spacial score (nSPS) is 33.1. The molecule has 88 valence electrons. The number of carbonyl (C=O) groups is 2. The molecule has 1 aliphatic rings. The highest BCUT2D eigenvalue weighted by Crippen LogP contribution is 2.56. The van der Waals surface area contributed by atoms with Crippen molar-refractivity contribution in [3.05, 3.63) is 0 Å². The lowest BCUT2D eigenvalue weighted by Gasteiger charge is -2.36. The zero-order chi connectivity index (χ0) is 11.1. The molecule has 5 nitrogen and oxygen atoms in total. The van der Waals surface area contributed by atoms with E-state index >= 15 is 0 Å². The molecule has 5 heteroatoms. The van der Waals surface area contributed by atoms with Crippen molar-refractivity contribution >= 4 is 11.9 Å². The number of hydrogen-bond donors (Lipinski definition) is 2. The molecule has 0 aromatic heterocycles. The van der Waals surface area contributed by atoms with Gasteiger partial charge in [0.2, 0.25) is 0 Å². The van der Waals surface area contributed by atoms with Crippen LogP contribution in [0.5, 0.6) is 0 Å². The summed E-state index contributed by atoms with van der Waals surface area (Å²) in [5.74, 6) is -2.34. The lowest BCUT2D eigenvalue weighted by molar-refractivity contribution is -0.157. The molecular formula is C10H18O5. The highest BCUT2D eigenvalue weighted by atomic mass is 16.4. The van der Waals surface area contributed by atoms with Crippen molar-refractivity contribution in [1.29, 1.82) is 0 Å². The Kier molecular flexibility index (Phi) is 3.53. The highest BCUT2D eigenvalue weighted by Gasteiger charge is 2.58. The van der Waals surface area contributed by atoms with Gasteiger partial charge in [-0.2, -0.15) is 0 Å². The predicted molar refractivity (Wildman–Crippen MR) is 53.5 cm³/mol. The molecule has 0 radical (unpaired) electrons. The fraction of sp³-hybridized carbons (Fsp3) is 0.800. The first kappa shape index (κ1) is 13.9. The summed E-state index contributed by atoms with van der Waals surface area (Å²) in [6, 6.07) is 0. The van der Waals surface area contributed by atoms with Crippen LogP contribution in [0.3, 0.4) is 0 Å². The first-order chi connectivity index (χ1) is 6.23. The van der Waals surface area contributed by atoms with Gasteiger partial charge in [-0.05, 0) is 25.2 Å². The van der Waals surface area contributed by atoms with Crippen LogP contribution in [0.2, 0.25) is 0 Å². The summed E-state index contributed by atoms with van der Waals surface area (Å²) < 4.78 is 0. The molecule has 0 aromatic carbocycles. The van der Waals surface area contributed by atoms with Crippen LogP contribution in [0.1, 0.15) is 33.6 Å². The second-order valence-corrected chi connectivity index (χ2v) is 4.79. The average molecular weight is 218 g/mol. The molecule has 0 saturated heterocycles. The molecule has 1 rings (SSSR count). The van der Waals surface area contributed by atoms with E-state index in [0.29, 0.717) is 12.8 Å². The largest absolute Gasteiger partial charge is 0.481 e. The SMILES string of the molecule is CC1(C(=O)O)CCC(C(=O)O)C1(C)C.O. The zero-order valence-electron chi connectivity index (χ0n) is 9.20. The second-order valence-electron chi connectivity index (χ2n) is 4.79. The average Bonchev–Trinajstić information content (AvgIpc) is 2.24. The van der Waals surface area contributed by atoms with Gasteiger partial charge in [0.05, 0.1) is 11.3 Å². The van der Waals surface area contributed by atoms with Crippen LogP contribution >= 0.6 is 0 Å². The smallest absolute Gasteiger partial charge is 0.309 e. The summed E-state index contributed by atoms with van der Waals surface area (Å²) in [5.41, 5.74) is -1.61. The summed E-state index contributed by atoms with van der Waals surface area (Å²) in [7, 11) is 0. The first-order valence-corrected chi connectivity index (χ1v) is 4.69. The Bertz CT molecular complexity index is 284. The Labute approximate surface area is 88.4 Å². The van der Waals surface area contributed by atoms with Gasteiger partial charge in [-0.25, -0.2) is 0 Å². The third-order valence-corrected chi connectivity index (χ3v) is 4.00. The molecule has 1 fully saturated rings. The molecule has 0 amide bonds. The Morgan fingerprint density at radius 1 is 1.20 bits per heavy atom. The van der Waals surface area contributed by atoms with Crippen molar-refractivity contribution in [3.63, 3.8) is 0 Å². The predicted octanol–water partition coefficient (Wildman–Crippen LogP) is 0.773. The van der Waals surface area contributed by atoms with Crippen molar-refractivity contribution in [1.82, 2.24) is 0 Å². The Balaban J connectivity index is 0.00000196. The quantitative estimate of drug-likeness (QED) is 0.713. The molecule has 0 bridgehead atoms. The molecule has 1 aliphatic carbocycles. The van der Waals surface area contributed by atoms with Crippen LogP contribution in [-0.4, -0.2) is 27.6 Å². The van der Waals surface area contributed by atoms with E-state index in [1.165, 1.54) is 0 Å². The minimum Gasteiger partial charge on any atom is -0.481 e. The number of carboxylic acid groups (broad SMARTS) is 2. The Morgan fingerprint density at radius 2 is 1.67 bits per heavy atom. The van der Waals surface area contributed by atoms with E-state index in [-0.39, 0.29) is 5.48 Å². The van der Waals surface area contributed by atoms with Gasteiger partial charge < -0.3 is 15.7 Å². The van der Waals surface area contributed by atoms with Crippen molar-refractivity contribution in [2.45, 2.75) is 33.6 Å². The van der Waals surface area contributed by atoms with E-state index in [9.17, 15) is 9.59 Å². The maximum atomic E-state index is 11.1. The van der Waals surface area contributed by atoms with Crippen LogP contribution in [0, 0.1) is 16.7 Å². The van der Waals surface area contributed by atoms with Gasteiger partial charge in [-0.15, -0.1) is 0 Å². The van der Waals surface area contributed by atoms with Crippen LogP contribution in [0.15, 0.2) is 0 Å². The van der Waals surface area contributed by atoms with E-state index in [1.807, 2.05) is 0 Å². The van der Waals surface area contributed by atoms with Gasteiger partial charge >= 0.3 is 11.9 Å². The fourth-order valence-corrected chi connectivity index (χ4v) is 2.32. The third kappa shape index (κ3) is 1.71. The molecule has 0 spiro atoms. The molecule has 2 atom stereocenters. The molecule has 15 heavy (non-hydrogen) atoms. The summed E-state index contributed by atoms with van der Waals surface area (Å²) in [4.78, 5) is 22.0. The molecule has 0 aromatic rings. The van der Waals surface area contributed by atoms with E-state index in [2.05, 4.69) is 0 Å². The minimum absolute atomic E-state index is 0. The summed E-state index contributed by atoms with van der Waals surface area (Å²) in [5, 5.41) is 18.1. The number of hydrogen-bond acceptors (Lipinski definition) is 2. The van der Waals surface area contributed by atoms with Crippen LogP contribution in [0.4, 0.5) is 0 Å². The highest BCUT2D eigenvalue weighted by molar-refractivity contribution is 5.80. The van der Waals surface area contributed by atoms with Crippen LogP contribution < -0.4 is 0 Å². The number of aliphatic carboxylic acids is 2. The molecular weight excluding hydrogens is 200 g/mol. The second kappa shape index (κ2) is 3.81. The van der Waals surface area contributed by atoms with E-state index in [4.69, 9.17) is 10.2 Å². The van der Waals surface area contributed by atoms with Gasteiger partial charge in [0.1, 0.15) is 0 Å². The molecule has 0 heterocycles. The van der Waals surface area contributed by atoms with E-state index < -0.39 is 28.7 Å². The van der Waals surface area contributed by atoms with E-state index in [1.54, 1.807) is 20.8 Å². The standard InChI is InChI=1S/C10H16O4.H2O/c1-9(2)6(7(11)12)4-5-10(9,3)8(13)14;/h6H,4-5H2,1-3H3,(H,11,12)(H,13,14);1H2. The fourth-order valence-electron chi connectivity index (χ4n) is 2.32. The van der Waals surface area contributed by atoms with Gasteiger partial charge in [-0.3, -0.25) is 9.59 Å². The maximum absolute atomic E-state index is 11.1. The van der Waals surface area contributed by atoms with Gasteiger partial charge in [0.25, 0.3) is 0 Å². The summed E-state index contributed by atoms with van der Waals surface area (Å²) in [6.45, 7) is 5.10. The van der Waals surface area contributed by atoms with Crippen molar-refractivity contribution in [3.8, 4) is 0 Å². The van der Waals surface area contributed by atoms with Crippen LogP contribution in [-0.2, 0) is 9.59 Å². The maximum Gasteiger partial charge on any atom is 0.309 e. The van der Waals surface area contributed by atoms with Crippen molar-refractivity contribution in [2.75, 3.05) is 0 Å². The topological polar surface area (TPSA) is 106 Å². The molecule has 2 unspecified atom stereocenters. The lowest BCUT2D eigenvalue weighted by Crippen LogP contribution is -2.42. The van der Waals surface area contributed by atoms with Gasteiger partial charge in [0.15, 0.2) is 0 Å². The van der Waals surface area contributed by atoms with Crippen molar-refractivity contribution in [2.24, 2.45) is 16.7 Å². The molecule has 4 N–H and O–H groups in total. The Hall–Kier alpha value is -1.10. The Morgan fingerprint density at radius 3 is 1.87 bits per heavy atom. The molecule has 0 aliphatic heterocycles. The first-order valence-electron chi connectivity index (χ1n) is 4.69. The minimum atomic E-state index is -0.921.